The van der Waals surface area contributed by atoms with Crippen LogP contribution in [-0.2, 0) is 4.79 Å². The van der Waals surface area contributed by atoms with E-state index in [1.807, 2.05) is 0 Å². The summed E-state index contributed by atoms with van der Waals surface area (Å²) in [4.78, 5) is 21.1. The number of carbonyl (C=O) groups excluding carboxylic acids is 1. The number of anilines is 1. The van der Waals surface area contributed by atoms with Gasteiger partial charge in [-0.2, -0.15) is 4.39 Å². The second-order valence-electron chi connectivity index (χ2n) is 4.66. The average molecular weight is 285 g/mol. The number of rotatable bonds is 6. The summed E-state index contributed by atoms with van der Waals surface area (Å²) in [6.07, 6.45) is 2.26. The third-order valence-electron chi connectivity index (χ3n) is 2.92. The number of nitro benzene ring substituents is 1. The lowest BCUT2D eigenvalue weighted by Crippen LogP contribution is -2.29. The van der Waals surface area contributed by atoms with Crippen LogP contribution in [0.3, 0.4) is 0 Å². The van der Waals surface area contributed by atoms with Crippen LogP contribution in [0.1, 0.15) is 12.8 Å². The van der Waals surface area contributed by atoms with Crippen LogP contribution >= 0.6 is 0 Å². The van der Waals surface area contributed by atoms with E-state index in [0.29, 0.717) is 24.6 Å². The van der Waals surface area contributed by atoms with Crippen LogP contribution in [0.4, 0.5) is 20.2 Å². The second-order valence-corrected chi connectivity index (χ2v) is 4.66. The van der Waals surface area contributed by atoms with E-state index in [1.54, 1.807) is 0 Å². The number of carbonyl (C=O) groups is 1. The topological polar surface area (TPSA) is 84.3 Å². The highest BCUT2D eigenvalue weighted by Crippen LogP contribution is 2.27. The Morgan fingerprint density at radius 3 is 2.65 bits per heavy atom. The third-order valence-corrected chi connectivity index (χ3v) is 2.92. The zero-order valence-corrected chi connectivity index (χ0v) is 10.5. The molecule has 1 saturated carbocycles. The van der Waals surface area contributed by atoms with E-state index >= 15 is 0 Å². The SMILES string of the molecule is O=C(CNCC1CC1)Nc1cc([N+](=O)[O-])c(F)cc1F. The summed E-state index contributed by atoms with van der Waals surface area (Å²) in [7, 11) is 0. The molecule has 2 N–H and O–H groups in total. The number of nitrogens with zero attached hydrogens (tertiary/aromatic N) is 1. The van der Waals surface area contributed by atoms with E-state index in [1.165, 1.54) is 0 Å². The molecule has 0 heterocycles. The molecule has 1 aliphatic rings. The monoisotopic (exact) mass is 285 g/mol. The standard InChI is InChI=1S/C12H13F2N3O3/c13-8-3-9(14)11(17(19)20)4-10(8)16-12(18)6-15-5-7-1-2-7/h3-4,7,15H,1-2,5-6H2,(H,16,18). The average Bonchev–Trinajstić information content (AvgIpc) is 3.16. The van der Waals surface area contributed by atoms with Crippen LogP contribution in [0, 0.1) is 27.7 Å². The maximum Gasteiger partial charge on any atom is 0.307 e. The summed E-state index contributed by atoms with van der Waals surface area (Å²) in [6, 6.07) is 1.05. The van der Waals surface area contributed by atoms with Crippen molar-refractivity contribution in [2.45, 2.75) is 12.8 Å². The predicted molar refractivity (Wildman–Crippen MR) is 67.2 cm³/mol. The lowest BCUT2D eigenvalue weighted by Gasteiger charge is -2.07. The molecule has 1 aromatic carbocycles. The molecule has 20 heavy (non-hydrogen) atoms. The molecule has 0 saturated heterocycles. The highest BCUT2D eigenvalue weighted by atomic mass is 19.1. The van der Waals surface area contributed by atoms with Crippen molar-refractivity contribution in [3.63, 3.8) is 0 Å². The van der Waals surface area contributed by atoms with Crippen molar-refractivity contribution in [3.05, 3.63) is 33.9 Å². The summed E-state index contributed by atoms with van der Waals surface area (Å²) in [5, 5.41) is 15.6. The van der Waals surface area contributed by atoms with Crippen molar-refractivity contribution >= 4 is 17.3 Å². The molecule has 2 rings (SSSR count). The quantitative estimate of drug-likeness (QED) is 0.616. The molecular formula is C12H13F2N3O3. The fraction of sp³-hybridized carbons (Fsp3) is 0.417. The van der Waals surface area contributed by atoms with Gasteiger partial charge in [0.1, 0.15) is 5.82 Å². The maximum absolute atomic E-state index is 13.4. The molecule has 1 fully saturated rings. The number of nitrogens with one attached hydrogen (secondary N) is 2. The summed E-state index contributed by atoms with van der Waals surface area (Å²) in [5.41, 5.74) is -1.29. The Morgan fingerprint density at radius 1 is 1.35 bits per heavy atom. The van der Waals surface area contributed by atoms with Crippen molar-refractivity contribution in [3.8, 4) is 0 Å². The molecule has 0 atom stereocenters. The number of halogens is 2. The van der Waals surface area contributed by atoms with Crippen molar-refractivity contribution in [1.82, 2.24) is 5.32 Å². The first kappa shape index (κ1) is 14.3. The largest absolute Gasteiger partial charge is 0.322 e. The van der Waals surface area contributed by atoms with Gasteiger partial charge >= 0.3 is 5.69 Å². The summed E-state index contributed by atoms with van der Waals surface area (Å²) < 4.78 is 26.5. The molecule has 6 nitrogen and oxygen atoms in total. The van der Waals surface area contributed by atoms with Gasteiger partial charge in [-0.1, -0.05) is 0 Å². The Morgan fingerprint density at radius 2 is 2.05 bits per heavy atom. The van der Waals surface area contributed by atoms with Gasteiger partial charge in [0.2, 0.25) is 11.7 Å². The Kier molecular flexibility index (Phi) is 4.23. The fourth-order valence-electron chi connectivity index (χ4n) is 1.68. The lowest BCUT2D eigenvalue weighted by atomic mass is 10.2. The number of hydrogen-bond acceptors (Lipinski definition) is 4. The molecule has 0 aliphatic heterocycles. The Balaban J connectivity index is 1.98. The van der Waals surface area contributed by atoms with E-state index in [9.17, 15) is 23.7 Å². The molecule has 8 heteroatoms. The zero-order chi connectivity index (χ0) is 14.7. The molecule has 1 aromatic rings. The minimum Gasteiger partial charge on any atom is -0.322 e. The van der Waals surface area contributed by atoms with Crippen molar-refractivity contribution in [2.75, 3.05) is 18.4 Å². The van der Waals surface area contributed by atoms with Crippen LogP contribution in [0.5, 0.6) is 0 Å². The van der Waals surface area contributed by atoms with Crippen LogP contribution in [0.2, 0.25) is 0 Å². The van der Waals surface area contributed by atoms with Crippen molar-refractivity contribution in [2.24, 2.45) is 5.92 Å². The first-order valence-electron chi connectivity index (χ1n) is 6.11. The predicted octanol–water partition coefficient (Wildman–Crippen LogP) is 1.81. The summed E-state index contributed by atoms with van der Waals surface area (Å²) >= 11 is 0. The number of benzene rings is 1. The summed E-state index contributed by atoms with van der Waals surface area (Å²) in [5.74, 6) is -2.28. The molecule has 0 spiro atoms. The molecule has 0 bridgehead atoms. The number of hydrogen-bond donors (Lipinski definition) is 2. The smallest absolute Gasteiger partial charge is 0.307 e. The maximum atomic E-state index is 13.4. The van der Waals surface area contributed by atoms with E-state index in [0.717, 1.165) is 12.8 Å². The van der Waals surface area contributed by atoms with E-state index < -0.39 is 33.8 Å². The van der Waals surface area contributed by atoms with Gasteiger partial charge in [-0.05, 0) is 25.3 Å². The Hall–Kier alpha value is -2.09. The van der Waals surface area contributed by atoms with Crippen LogP contribution in [0.25, 0.3) is 0 Å². The molecule has 0 aromatic heterocycles. The number of nitro groups is 1. The van der Waals surface area contributed by atoms with Crippen molar-refractivity contribution in [1.29, 1.82) is 0 Å². The van der Waals surface area contributed by atoms with Crippen LogP contribution in [-0.4, -0.2) is 23.9 Å². The normalized spacial score (nSPS) is 14.1. The van der Waals surface area contributed by atoms with Gasteiger partial charge in [0.15, 0.2) is 0 Å². The van der Waals surface area contributed by atoms with Gasteiger partial charge < -0.3 is 10.6 Å². The van der Waals surface area contributed by atoms with Gasteiger partial charge in [-0.25, -0.2) is 4.39 Å². The highest BCUT2D eigenvalue weighted by Gasteiger charge is 2.21. The third kappa shape index (κ3) is 3.70. The first-order chi connectivity index (χ1) is 9.47. The van der Waals surface area contributed by atoms with Gasteiger partial charge in [-0.15, -0.1) is 0 Å². The molecular weight excluding hydrogens is 272 g/mol. The lowest BCUT2D eigenvalue weighted by molar-refractivity contribution is -0.387. The second kappa shape index (κ2) is 5.91. The molecule has 1 amide bonds. The van der Waals surface area contributed by atoms with E-state index in [2.05, 4.69) is 10.6 Å². The van der Waals surface area contributed by atoms with Crippen LogP contribution < -0.4 is 10.6 Å². The van der Waals surface area contributed by atoms with Crippen molar-refractivity contribution < 1.29 is 18.5 Å². The number of amides is 1. The zero-order valence-electron chi connectivity index (χ0n) is 10.5. The first-order valence-corrected chi connectivity index (χ1v) is 6.11. The fourth-order valence-corrected chi connectivity index (χ4v) is 1.68. The van der Waals surface area contributed by atoms with Gasteiger partial charge in [0, 0.05) is 12.1 Å². The van der Waals surface area contributed by atoms with Crippen LogP contribution in [0.15, 0.2) is 12.1 Å². The highest BCUT2D eigenvalue weighted by molar-refractivity contribution is 5.92. The molecule has 108 valence electrons. The van der Waals surface area contributed by atoms with E-state index in [-0.39, 0.29) is 6.54 Å². The molecule has 0 radical (unpaired) electrons. The van der Waals surface area contributed by atoms with Gasteiger partial charge in [0.05, 0.1) is 17.2 Å². The van der Waals surface area contributed by atoms with E-state index in [4.69, 9.17) is 0 Å². The van der Waals surface area contributed by atoms with Gasteiger partial charge in [-0.3, -0.25) is 14.9 Å². The molecule has 0 unspecified atom stereocenters. The van der Waals surface area contributed by atoms with Gasteiger partial charge in [0.25, 0.3) is 0 Å². The molecule has 1 aliphatic carbocycles. The summed E-state index contributed by atoms with van der Waals surface area (Å²) in [6.45, 7) is 0.681. The Labute approximate surface area is 113 Å². The minimum absolute atomic E-state index is 0.0267. The minimum atomic E-state index is -1.28. The Bertz CT molecular complexity index is 547.